The van der Waals surface area contributed by atoms with Crippen molar-refractivity contribution in [1.29, 1.82) is 0 Å². The highest BCUT2D eigenvalue weighted by atomic mass is 32.2. The molecule has 128 valence electrons. The first-order valence-corrected chi connectivity index (χ1v) is 9.13. The van der Waals surface area contributed by atoms with Gasteiger partial charge in [0.25, 0.3) is 11.1 Å². The minimum absolute atomic E-state index is 0.132. The van der Waals surface area contributed by atoms with Crippen LogP contribution in [0.3, 0.4) is 0 Å². The van der Waals surface area contributed by atoms with E-state index in [1.165, 1.54) is 18.2 Å². The predicted molar refractivity (Wildman–Crippen MR) is 90.8 cm³/mol. The molecule has 1 aliphatic rings. The number of carbonyl (C=O) groups excluding carboxylic acids is 1. The van der Waals surface area contributed by atoms with E-state index in [1.807, 2.05) is 35.2 Å². The first-order chi connectivity index (χ1) is 11.7. The van der Waals surface area contributed by atoms with Crippen LogP contribution in [-0.2, 0) is 11.4 Å². The van der Waals surface area contributed by atoms with Crippen LogP contribution in [0, 0.1) is 0 Å². The number of carbonyl (C=O) groups is 1. The summed E-state index contributed by atoms with van der Waals surface area (Å²) in [5, 5.41) is 8.31. The number of ether oxygens (including phenoxy) is 1. The molecule has 1 aromatic carbocycles. The van der Waals surface area contributed by atoms with E-state index in [9.17, 15) is 4.79 Å². The fourth-order valence-electron chi connectivity index (χ4n) is 2.69. The van der Waals surface area contributed by atoms with Crippen LogP contribution in [0.4, 0.5) is 0 Å². The number of benzene rings is 1. The number of likely N-dealkylation sites (tertiary alicyclic amines) is 1. The number of para-hydroxylation sites is 1. The Labute approximate surface area is 145 Å². The summed E-state index contributed by atoms with van der Waals surface area (Å²) in [4.78, 5) is 14.2. The number of rotatable bonds is 6. The van der Waals surface area contributed by atoms with Crippen LogP contribution in [0.2, 0.25) is 0 Å². The van der Waals surface area contributed by atoms with Crippen molar-refractivity contribution in [2.24, 2.45) is 0 Å². The number of nitrogens with zero attached hydrogens (tertiary/aromatic N) is 3. The Hall–Kier alpha value is -2.02. The lowest BCUT2D eigenvalue weighted by Gasteiger charge is -2.33. The van der Waals surface area contributed by atoms with E-state index in [-0.39, 0.29) is 12.5 Å². The molecule has 1 unspecified atom stereocenters. The Balaban J connectivity index is 1.46. The Morgan fingerprint density at radius 1 is 1.33 bits per heavy atom. The highest BCUT2D eigenvalue weighted by Gasteiger charge is 2.23. The Bertz CT molecular complexity index is 662. The van der Waals surface area contributed by atoms with Gasteiger partial charge in [-0.05, 0) is 38.3 Å². The molecule has 1 saturated heterocycles. The zero-order valence-electron chi connectivity index (χ0n) is 13.7. The molecule has 1 fully saturated rings. The Morgan fingerprint density at radius 3 is 2.96 bits per heavy atom. The van der Waals surface area contributed by atoms with Gasteiger partial charge in [-0.15, -0.1) is 10.2 Å². The number of hydrogen-bond acceptors (Lipinski definition) is 6. The summed E-state index contributed by atoms with van der Waals surface area (Å²) in [6, 6.07) is 9.78. The van der Waals surface area contributed by atoms with Gasteiger partial charge in [0.2, 0.25) is 5.91 Å². The molecule has 1 aliphatic heterocycles. The lowest BCUT2D eigenvalue weighted by atomic mass is 10.0. The SMILES string of the molecule is CC1CCCCN1C(=O)CSc1nnc(COc2ccccc2)o1. The molecule has 2 aromatic rings. The molecular weight excluding hydrogens is 326 g/mol. The number of hydrogen-bond donors (Lipinski definition) is 0. The minimum atomic E-state index is 0.132. The number of amides is 1. The van der Waals surface area contributed by atoms with Crippen LogP contribution in [-0.4, -0.2) is 39.3 Å². The summed E-state index contributed by atoms with van der Waals surface area (Å²) in [6.45, 7) is 3.17. The molecule has 24 heavy (non-hydrogen) atoms. The maximum absolute atomic E-state index is 12.3. The largest absolute Gasteiger partial charge is 0.484 e. The molecule has 1 aromatic heterocycles. The second-order valence-corrected chi connectivity index (χ2v) is 6.71. The van der Waals surface area contributed by atoms with Crippen LogP contribution >= 0.6 is 11.8 Å². The van der Waals surface area contributed by atoms with Gasteiger partial charge in [0, 0.05) is 12.6 Å². The molecule has 0 radical (unpaired) electrons. The lowest BCUT2D eigenvalue weighted by molar-refractivity contribution is -0.131. The number of piperidine rings is 1. The molecule has 1 amide bonds. The van der Waals surface area contributed by atoms with Gasteiger partial charge < -0.3 is 14.1 Å². The molecule has 0 bridgehead atoms. The zero-order valence-corrected chi connectivity index (χ0v) is 14.5. The van der Waals surface area contributed by atoms with Crippen molar-refractivity contribution in [2.75, 3.05) is 12.3 Å². The fraction of sp³-hybridized carbons (Fsp3) is 0.471. The summed E-state index contributed by atoms with van der Waals surface area (Å²) >= 11 is 1.28. The van der Waals surface area contributed by atoms with Gasteiger partial charge in [0.15, 0.2) is 6.61 Å². The maximum Gasteiger partial charge on any atom is 0.277 e. The average molecular weight is 347 g/mol. The molecule has 6 nitrogen and oxygen atoms in total. The first kappa shape index (κ1) is 16.8. The minimum Gasteiger partial charge on any atom is -0.484 e. The molecule has 0 saturated carbocycles. The van der Waals surface area contributed by atoms with E-state index in [1.54, 1.807) is 0 Å². The standard InChI is InChI=1S/C17H21N3O3S/c1-13-7-5-6-10-20(13)16(21)12-24-17-19-18-15(23-17)11-22-14-8-3-2-4-9-14/h2-4,8-9,13H,5-7,10-12H2,1H3. The molecule has 0 aliphatic carbocycles. The van der Waals surface area contributed by atoms with Crippen molar-refractivity contribution in [3.63, 3.8) is 0 Å². The second kappa shape index (κ2) is 8.19. The van der Waals surface area contributed by atoms with Gasteiger partial charge >= 0.3 is 0 Å². The van der Waals surface area contributed by atoms with E-state index >= 15 is 0 Å². The molecule has 1 atom stereocenters. The van der Waals surface area contributed by atoms with Crippen molar-refractivity contribution in [3.8, 4) is 5.75 Å². The highest BCUT2D eigenvalue weighted by molar-refractivity contribution is 7.99. The quantitative estimate of drug-likeness (QED) is 0.748. The fourth-order valence-corrected chi connectivity index (χ4v) is 3.36. The average Bonchev–Trinajstić information content (AvgIpc) is 3.07. The van der Waals surface area contributed by atoms with Crippen LogP contribution in [0.5, 0.6) is 5.75 Å². The van der Waals surface area contributed by atoms with Crippen molar-refractivity contribution >= 4 is 17.7 Å². The van der Waals surface area contributed by atoms with Gasteiger partial charge in [0.05, 0.1) is 5.75 Å². The van der Waals surface area contributed by atoms with Crippen molar-refractivity contribution in [3.05, 3.63) is 36.2 Å². The van der Waals surface area contributed by atoms with E-state index in [0.29, 0.717) is 22.9 Å². The van der Waals surface area contributed by atoms with Gasteiger partial charge in [-0.2, -0.15) is 0 Å². The summed E-state index contributed by atoms with van der Waals surface area (Å²) in [5.74, 6) is 1.61. The van der Waals surface area contributed by atoms with Gasteiger partial charge in [-0.1, -0.05) is 30.0 Å². The summed E-state index contributed by atoms with van der Waals surface area (Å²) in [7, 11) is 0. The summed E-state index contributed by atoms with van der Waals surface area (Å²) in [6.07, 6.45) is 3.37. The maximum atomic E-state index is 12.3. The molecular formula is C17H21N3O3S. The van der Waals surface area contributed by atoms with Gasteiger partial charge in [0.1, 0.15) is 5.75 Å². The Morgan fingerprint density at radius 2 is 2.17 bits per heavy atom. The van der Waals surface area contributed by atoms with Gasteiger partial charge in [-0.25, -0.2) is 0 Å². The second-order valence-electron chi connectivity index (χ2n) is 5.78. The van der Waals surface area contributed by atoms with E-state index in [0.717, 1.165) is 25.1 Å². The molecule has 0 spiro atoms. The summed E-state index contributed by atoms with van der Waals surface area (Å²) in [5.41, 5.74) is 0. The van der Waals surface area contributed by atoms with Crippen LogP contribution in [0.1, 0.15) is 32.1 Å². The van der Waals surface area contributed by atoms with E-state index < -0.39 is 0 Å². The van der Waals surface area contributed by atoms with Crippen LogP contribution in [0.25, 0.3) is 0 Å². The molecule has 3 rings (SSSR count). The molecule has 7 heteroatoms. The van der Waals surface area contributed by atoms with E-state index in [4.69, 9.17) is 9.15 Å². The van der Waals surface area contributed by atoms with Crippen LogP contribution in [0.15, 0.2) is 40.0 Å². The number of thioether (sulfide) groups is 1. The van der Waals surface area contributed by atoms with Crippen molar-refractivity contribution < 1.29 is 13.9 Å². The smallest absolute Gasteiger partial charge is 0.277 e. The zero-order chi connectivity index (χ0) is 16.8. The van der Waals surface area contributed by atoms with Gasteiger partial charge in [-0.3, -0.25) is 4.79 Å². The van der Waals surface area contributed by atoms with Crippen molar-refractivity contribution in [2.45, 2.75) is 44.1 Å². The molecule has 2 heterocycles. The monoisotopic (exact) mass is 347 g/mol. The highest BCUT2D eigenvalue weighted by Crippen LogP contribution is 2.21. The first-order valence-electron chi connectivity index (χ1n) is 8.15. The normalized spacial score (nSPS) is 17.7. The lowest BCUT2D eigenvalue weighted by Crippen LogP contribution is -2.42. The van der Waals surface area contributed by atoms with E-state index in [2.05, 4.69) is 17.1 Å². The summed E-state index contributed by atoms with van der Waals surface area (Å²) < 4.78 is 11.1. The van der Waals surface area contributed by atoms with Crippen LogP contribution < -0.4 is 4.74 Å². The third-order valence-corrected chi connectivity index (χ3v) is 4.80. The number of aromatic nitrogens is 2. The Kier molecular flexibility index (Phi) is 5.74. The third-order valence-electron chi connectivity index (χ3n) is 4.00. The van der Waals surface area contributed by atoms with Crippen molar-refractivity contribution in [1.82, 2.24) is 15.1 Å². The molecule has 0 N–H and O–H groups in total. The third kappa shape index (κ3) is 4.50. The topological polar surface area (TPSA) is 68.5 Å². The predicted octanol–water partition coefficient (Wildman–Crippen LogP) is 3.14.